The Morgan fingerprint density at radius 1 is 1.17 bits per heavy atom. The van der Waals surface area contributed by atoms with Gasteiger partial charge in [0.15, 0.2) is 6.61 Å². The molecule has 1 amide bonds. The monoisotopic (exact) mass is 305 g/mol. The van der Waals surface area contributed by atoms with Crippen LogP contribution in [0, 0.1) is 11.3 Å². The summed E-state index contributed by atoms with van der Waals surface area (Å²) in [6.45, 7) is -0.183. The molecule has 1 aliphatic carbocycles. The first-order valence-corrected chi connectivity index (χ1v) is 7.33. The molecule has 0 aliphatic heterocycles. The summed E-state index contributed by atoms with van der Waals surface area (Å²) in [5, 5.41) is 13.2. The molecule has 2 aromatic rings. The number of fused-ring (bicyclic) bond motifs is 1. The number of amides is 1. The van der Waals surface area contributed by atoms with Crippen molar-refractivity contribution in [2.24, 2.45) is 5.10 Å². The molecule has 0 fully saturated rings. The molecule has 0 bridgehead atoms. The summed E-state index contributed by atoms with van der Waals surface area (Å²) in [5.74, 6) is 0.0404. The van der Waals surface area contributed by atoms with E-state index < -0.39 is 0 Å². The minimum atomic E-state index is -0.352. The fourth-order valence-electron chi connectivity index (χ4n) is 2.51. The van der Waals surface area contributed by atoms with Crippen molar-refractivity contribution in [3.8, 4) is 11.8 Å². The Hall–Kier alpha value is -3.13. The fraction of sp³-hybridized carbons (Fsp3) is 0.167. The number of hydrazone groups is 1. The topological polar surface area (TPSA) is 74.5 Å². The standard InChI is InChI=1S/C18H15N3O2/c19-11-14-6-2-4-8-17(14)23-12-18(22)21-20-16-10-9-13-5-1-3-7-15(13)16/h1-8H,9-10,12H2,(H,21,22). The van der Waals surface area contributed by atoms with Gasteiger partial charge in [0.05, 0.1) is 11.3 Å². The Kier molecular flexibility index (Phi) is 4.34. The second kappa shape index (κ2) is 6.75. The van der Waals surface area contributed by atoms with E-state index in [2.05, 4.69) is 16.6 Å². The maximum atomic E-state index is 11.9. The highest BCUT2D eigenvalue weighted by molar-refractivity contribution is 6.04. The van der Waals surface area contributed by atoms with E-state index in [1.165, 1.54) is 5.56 Å². The van der Waals surface area contributed by atoms with E-state index in [-0.39, 0.29) is 12.5 Å². The molecule has 0 aromatic heterocycles. The van der Waals surface area contributed by atoms with E-state index in [1.807, 2.05) is 24.3 Å². The fourth-order valence-corrected chi connectivity index (χ4v) is 2.51. The number of nitrogens with one attached hydrogen (secondary N) is 1. The van der Waals surface area contributed by atoms with Gasteiger partial charge in [-0.05, 0) is 30.5 Å². The third-order valence-electron chi connectivity index (χ3n) is 3.64. The molecule has 0 spiro atoms. The van der Waals surface area contributed by atoms with Gasteiger partial charge in [-0.15, -0.1) is 0 Å². The van der Waals surface area contributed by atoms with E-state index >= 15 is 0 Å². The van der Waals surface area contributed by atoms with Crippen LogP contribution in [0.3, 0.4) is 0 Å². The molecule has 23 heavy (non-hydrogen) atoms. The van der Waals surface area contributed by atoms with Gasteiger partial charge in [-0.25, -0.2) is 5.43 Å². The highest BCUT2D eigenvalue weighted by Gasteiger charge is 2.17. The number of ether oxygens (including phenoxy) is 1. The van der Waals surface area contributed by atoms with E-state index in [0.29, 0.717) is 11.3 Å². The van der Waals surface area contributed by atoms with E-state index in [9.17, 15) is 4.79 Å². The third kappa shape index (κ3) is 3.38. The number of carbonyl (C=O) groups is 1. The van der Waals surface area contributed by atoms with Gasteiger partial charge in [0.1, 0.15) is 11.8 Å². The number of hydrogen-bond acceptors (Lipinski definition) is 4. The third-order valence-corrected chi connectivity index (χ3v) is 3.64. The molecule has 0 heterocycles. The van der Waals surface area contributed by atoms with Crippen LogP contribution < -0.4 is 10.2 Å². The molecule has 5 nitrogen and oxygen atoms in total. The highest BCUT2D eigenvalue weighted by atomic mass is 16.5. The average Bonchev–Trinajstić information content (AvgIpc) is 3.01. The maximum absolute atomic E-state index is 11.9. The summed E-state index contributed by atoms with van der Waals surface area (Å²) in [6, 6.07) is 16.9. The van der Waals surface area contributed by atoms with Gasteiger partial charge >= 0.3 is 0 Å². The van der Waals surface area contributed by atoms with Crippen LogP contribution in [0.2, 0.25) is 0 Å². The normalized spacial score (nSPS) is 14.1. The Morgan fingerprint density at radius 3 is 2.83 bits per heavy atom. The van der Waals surface area contributed by atoms with Crippen LogP contribution in [0.5, 0.6) is 5.75 Å². The Balaban J connectivity index is 1.59. The minimum Gasteiger partial charge on any atom is -0.482 e. The van der Waals surface area contributed by atoms with Crippen LogP contribution in [0.15, 0.2) is 53.6 Å². The van der Waals surface area contributed by atoms with Gasteiger partial charge < -0.3 is 4.74 Å². The average molecular weight is 305 g/mol. The van der Waals surface area contributed by atoms with E-state index in [1.54, 1.807) is 24.3 Å². The van der Waals surface area contributed by atoms with Crippen LogP contribution in [-0.2, 0) is 11.2 Å². The number of carbonyl (C=O) groups excluding carboxylic acids is 1. The van der Waals surface area contributed by atoms with Crippen molar-refractivity contribution in [2.45, 2.75) is 12.8 Å². The van der Waals surface area contributed by atoms with Crippen LogP contribution in [0.1, 0.15) is 23.1 Å². The van der Waals surface area contributed by atoms with Gasteiger partial charge in [-0.2, -0.15) is 10.4 Å². The lowest BCUT2D eigenvalue weighted by atomic mass is 10.1. The zero-order valence-corrected chi connectivity index (χ0v) is 12.5. The van der Waals surface area contributed by atoms with Gasteiger partial charge in [-0.3, -0.25) is 4.79 Å². The lowest BCUT2D eigenvalue weighted by Gasteiger charge is -2.07. The van der Waals surface area contributed by atoms with Gasteiger partial charge in [0.2, 0.25) is 0 Å². The van der Waals surface area contributed by atoms with Crippen molar-refractivity contribution >= 4 is 11.6 Å². The second-order valence-electron chi connectivity index (χ2n) is 5.15. The number of rotatable bonds is 4. The molecule has 3 rings (SSSR count). The number of para-hydroxylation sites is 1. The lowest BCUT2D eigenvalue weighted by molar-refractivity contribution is -0.123. The summed E-state index contributed by atoms with van der Waals surface area (Å²) >= 11 is 0. The predicted octanol–water partition coefficient (Wildman–Crippen LogP) is 2.40. The zero-order chi connectivity index (χ0) is 16.1. The number of hydrogen-bond donors (Lipinski definition) is 1. The first-order chi connectivity index (χ1) is 11.3. The molecular weight excluding hydrogens is 290 g/mol. The number of benzene rings is 2. The van der Waals surface area contributed by atoms with Crippen molar-refractivity contribution in [1.29, 1.82) is 5.26 Å². The Labute approximate surface area is 134 Å². The highest BCUT2D eigenvalue weighted by Crippen LogP contribution is 2.21. The molecule has 2 aromatic carbocycles. The molecule has 1 aliphatic rings. The smallest absolute Gasteiger partial charge is 0.277 e. The predicted molar refractivity (Wildman–Crippen MR) is 86.1 cm³/mol. The molecular formula is C18H15N3O2. The van der Waals surface area contributed by atoms with Crippen molar-refractivity contribution in [1.82, 2.24) is 5.43 Å². The number of aryl methyl sites for hydroxylation is 1. The Morgan fingerprint density at radius 2 is 1.96 bits per heavy atom. The first-order valence-electron chi connectivity index (χ1n) is 7.33. The molecule has 5 heteroatoms. The number of nitrogens with zero attached hydrogens (tertiary/aromatic N) is 2. The van der Waals surface area contributed by atoms with Crippen molar-refractivity contribution in [3.05, 3.63) is 65.2 Å². The molecule has 114 valence electrons. The summed E-state index contributed by atoms with van der Waals surface area (Å²) in [7, 11) is 0. The van der Waals surface area contributed by atoms with Crippen LogP contribution >= 0.6 is 0 Å². The van der Waals surface area contributed by atoms with Gasteiger partial charge in [-0.1, -0.05) is 36.4 Å². The summed E-state index contributed by atoms with van der Waals surface area (Å²) in [5.41, 5.74) is 6.13. The summed E-state index contributed by atoms with van der Waals surface area (Å²) in [6.07, 6.45) is 1.76. The summed E-state index contributed by atoms with van der Waals surface area (Å²) in [4.78, 5) is 11.9. The molecule has 0 atom stereocenters. The largest absolute Gasteiger partial charge is 0.482 e. The maximum Gasteiger partial charge on any atom is 0.277 e. The van der Waals surface area contributed by atoms with Crippen molar-refractivity contribution in [3.63, 3.8) is 0 Å². The molecule has 0 saturated heterocycles. The molecule has 1 N–H and O–H groups in total. The minimum absolute atomic E-state index is 0.183. The Bertz CT molecular complexity index is 806. The van der Waals surface area contributed by atoms with Crippen LogP contribution in [-0.4, -0.2) is 18.2 Å². The zero-order valence-electron chi connectivity index (χ0n) is 12.5. The number of nitriles is 1. The van der Waals surface area contributed by atoms with E-state index in [0.717, 1.165) is 24.1 Å². The van der Waals surface area contributed by atoms with Crippen molar-refractivity contribution < 1.29 is 9.53 Å². The first kappa shape index (κ1) is 14.8. The van der Waals surface area contributed by atoms with E-state index in [4.69, 9.17) is 10.00 Å². The quantitative estimate of drug-likeness (QED) is 0.881. The van der Waals surface area contributed by atoms with Crippen LogP contribution in [0.4, 0.5) is 0 Å². The lowest BCUT2D eigenvalue weighted by Crippen LogP contribution is -2.25. The summed E-state index contributed by atoms with van der Waals surface area (Å²) < 4.78 is 5.37. The SMILES string of the molecule is N#Cc1ccccc1OCC(=O)NN=C1CCc2ccccc21. The van der Waals surface area contributed by atoms with Crippen LogP contribution in [0.25, 0.3) is 0 Å². The van der Waals surface area contributed by atoms with Gasteiger partial charge in [0, 0.05) is 5.56 Å². The van der Waals surface area contributed by atoms with Crippen molar-refractivity contribution in [2.75, 3.05) is 6.61 Å². The second-order valence-corrected chi connectivity index (χ2v) is 5.15. The molecule has 0 unspecified atom stereocenters. The molecule has 0 saturated carbocycles. The van der Waals surface area contributed by atoms with Gasteiger partial charge in [0.25, 0.3) is 5.91 Å². The molecule has 0 radical (unpaired) electrons.